The van der Waals surface area contributed by atoms with Gasteiger partial charge in [0.1, 0.15) is 11.6 Å². The molecule has 1 aromatic heterocycles. The van der Waals surface area contributed by atoms with Crippen LogP contribution < -0.4 is 10.1 Å². The molecule has 5 nitrogen and oxygen atoms in total. The van der Waals surface area contributed by atoms with Gasteiger partial charge in [0.15, 0.2) is 0 Å². The molecule has 0 unspecified atom stereocenters. The molecule has 0 radical (unpaired) electrons. The highest BCUT2D eigenvalue weighted by molar-refractivity contribution is 6.03. The zero-order chi connectivity index (χ0) is 21.6. The Balaban J connectivity index is 1.65. The molecule has 0 aliphatic rings. The smallest absolute Gasteiger partial charge is 0.248 e. The normalized spacial score (nSPS) is 10.9. The van der Waals surface area contributed by atoms with Crippen molar-refractivity contribution in [3.05, 3.63) is 103 Å². The molecule has 1 amide bonds. The van der Waals surface area contributed by atoms with Gasteiger partial charge in [0, 0.05) is 23.4 Å². The lowest BCUT2D eigenvalue weighted by molar-refractivity contribution is -0.111. The second-order valence-corrected chi connectivity index (χ2v) is 6.74. The minimum absolute atomic E-state index is 0.304. The van der Waals surface area contributed by atoms with E-state index in [1.807, 2.05) is 48.7 Å². The van der Waals surface area contributed by atoms with Crippen LogP contribution in [0.3, 0.4) is 0 Å². The number of para-hydroxylation sites is 3. The number of amides is 1. The number of hydrogen-bond acceptors (Lipinski definition) is 3. The molecule has 0 saturated heterocycles. The Labute approximate surface area is 179 Å². The second kappa shape index (κ2) is 9.09. The summed E-state index contributed by atoms with van der Waals surface area (Å²) in [6.45, 7) is 0. The topological polar surface area (TPSA) is 56.1 Å². The summed E-state index contributed by atoms with van der Waals surface area (Å²) in [5.74, 6) is -0.0466. The van der Waals surface area contributed by atoms with E-state index in [4.69, 9.17) is 4.74 Å². The van der Waals surface area contributed by atoms with Crippen LogP contribution in [0.2, 0.25) is 0 Å². The van der Waals surface area contributed by atoms with Crippen molar-refractivity contribution in [3.8, 4) is 22.7 Å². The van der Waals surface area contributed by atoms with E-state index in [1.165, 1.54) is 18.2 Å². The third-order valence-electron chi connectivity index (χ3n) is 4.66. The summed E-state index contributed by atoms with van der Waals surface area (Å²) in [6.07, 6.45) is 4.96. The van der Waals surface area contributed by atoms with Gasteiger partial charge in [0.05, 0.1) is 24.2 Å². The number of nitrogens with zero attached hydrogens (tertiary/aromatic N) is 2. The molecule has 31 heavy (non-hydrogen) atoms. The first-order chi connectivity index (χ1) is 15.1. The average molecular weight is 413 g/mol. The number of hydrogen-bond donors (Lipinski definition) is 1. The van der Waals surface area contributed by atoms with Gasteiger partial charge in [-0.2, -0.15) is 5.10 Å². The van der Waals surface area contributed by atoms with E-state index in [-0.39, 0.29) is 11.7 Å². The van der Waals surface area contributed by atoms with E-state index in [2.05, 4.69) is 10.4 Å². The van der Waals surface area contributed by atoms with Gasteiger partial charge < -0.3 is 10.1 Å². The van der Waals surface area contributed by atoms with Crippen molar-refractivity contribution in [1.29, 1.82) is 0 Å². The van der Waals surface area contributed by atoms with Crippen LogP contribution in [0.4, 0.5) is 10.1 Å². The highest BCUT2D eigenvalue weighted by atomic mass is 19.1. The van der Waals surface area contributed by atoms with Crippen LogP contribution in [-0.4, -0.2) is 22.8 Å². The highest BCUT2D eigenvalue weighted by Gasteiger charge is 2.11. The van der Waals surface area contributed by atoms with Gasteiger partial charge in [-0.15, -0.1) is 0 Å². The molecule has 0 bridgehead atoms. The van der Waals surface area contributed by atoms with Gasteiger partial charge in [0.25, 0.3) is 0 Å². The average Bonchev–Trinajstić information content (AvgIpc) is 3.23. The number of nitrogens with one attached hydrogen (secondary N) is 1. The number of methoxy groups -OCH3 is 1. The van der Waals surface area contributed by atoms with Crippen LogP contribution in [0.25, 0.3) is 23.0 Å². The maximum absolute atomic E-state index is 13.4. The van der Waals surface area contributed by atoms with Gasteiger partial charge in [-0.3, -0.25) is 4.79 Å². The van der Waals surface area contributed by atoms with Crippen molar-refractivity contribution in [1.82, 2.24) is 9.78 Å². The standard InChI is InChI=1S/C25H20FN3O2/c1-31-23-10-6-5-9-22(23)27-24(30)16-13-19-17-29(21-7-3-2-4-8-21)28-25(19)18-11-14-20(26)15-12-18/h2-17H,1H3,(H,27,30)/b16-13-. The fraction of sp³-hybridized carbons (Fsp3) is 0.0400. The summed E-state index contributed by atoms with van der Waals surface area (Å²) >= 11 is 0. The molecule has 1 N–H and O–H groups in total. The highest BCUT2D eigenvalue weighted by Crippen LogP contribution is 2.26. The van der Waals surface area contributed by atoms with Crippen molar-refractivity contribution in [2.24, 2.45) is 0 Å². The second-order valence-electron chi connectivity index (χ2n) is 6.74. The molecule has 0 atom stereocenters. The molecule has 3 aromatic carbocycles. The van der Waals surface area contributed by atoms with Crippen LogP contribution >= 0.6 is 0 Å². The summed E-state index contributed by atoms with van der Waals surface area (Å²) in [4.78, 5) is 12.5. The number of carbonyl (C=O) groups excluding carboxylic acids is 1. The van der Waals surface area contributed by atoms with Gasteiger partial charge in [-0.1, -0.05) is 30.3 Å². The van der Waals surface area contributed by atoms with Crippen LogP contribution in [0, 0.1) is 5.82 Å². The first kappa shape index (κ1) is 20.1. The van der Waals surface area contributed by atoms with Gasteiger partial charge in [-0.05, 0) is 54.6 Å². The van der Waals surface area contributed by atoms with Gasteiger partial charge >= 0.3 is 0 Å². The summed E-state index contributed by atoms with van der Waals surface area (Å²) < 4.78 is 20.4. The van der Waals surface area contributed by atoms with Crippen LogP contribution in [0.15, 0.2) is 91.1 Å². The van der Waals surface area contributed by atoms with E-state index < -0.39 is 0 Å². The Hall–Kier alpha value is -4.19. The molecule has 154 valence electrons. The maximum atomic E-state index is 13.4. The van der Waals surface area contributed by atoms with Crippen molar-refractivity contribution in [2.45, 2.75) is 0 Å². The number of benzene rings is 3. The monoisotopic (exact) mass is 413 g/mol. The van der Waals surface area contributed by atoms with Gasteiger partial charge in [-0.25, -0.2) is 9.07 Å². The molecule has 0 saturated carbocycles. The predicted octanol–water partition coefficient (Wildman–Crippen LogP) is 5.34. The third kappa shape index (κ3) is 4.70. The fourth-order valence-electron chi connectivity index (χ4n) is 3.14. The number of ether oxygens (including phenoxy) is 1. The SMILES string of the molecule is COc1ccccc1NC(=O)/C=C\c1cn(-c2ccccc2)nc1-c1ccc(F)cc1. The molecule has 6 heteroatoms. The zero-order valence-electron chi connectivity index (χ0n) is 16.8. The first-order valence-electron chi connectivity index (χ1n) is 9.67. The number of halogens is 1. The van der Waals surface area contributed by atoms with E-state index in [0.717, 1.165) is 16.8 Å². The van der Waals surface area contributed by atoms with E-state index in [1.54, 1.807) is 42.1 Å². The number of carbonyl (C=O) groups is 1. The van der Waals surface area contributed by atoms with Crippen LogP contribution in [-0.2, 0) is 4.79 Å². The van der Waals surface area contributed by atoms with Crippen molar-refractivity contribution in [3.63, 3.8) is 0 Å². The summed E-state index contributed by atoms with van der Waals surface area (Å²) in [7, 11) is 1.55. The Kier molecular flexibility index (Phi) is 5.89. The zero-order valence-corrected chi connectivity index (χ0v) is 16.8. The molecule has 4 aromatic rings. The Morgan fingerprint density at radius 1 is 1.00 bits per heavy atom. The molecular weight excluding hydrogens is 393 g/mol. The van der Waals surface area contributed by atoms with E-state index >= 15 is 0 Å². The lowest BCUT2D eigenvalue weighted by atomic mass is 10.1. The van der Waals surface area contributed by atoms with Crippen LogP contribution in [0.5, 0.6) is 5.75 Å². The van der Waals surface area contributed by atoms with E-state index in [9.17, 15) is 9.18 Å². The molecule has 0 fully saturated rings. The summed E-state index contributed by atoms with van der Waals surface area (Å²) in [5, 5.41) is 7.47. The molecule has 0 aliphatic carbocycles. The lowest BCUT2D eigenvalue weighted by Gasteiger charge is -2.07. The van der Waals surface area contributed by atoms with Gasteiger partial charge in [0.2, 0.25) is 5.91 Å². The molecule has 0 spiro atoms. The minimum atomic E-state index is -0.320. The third-order valence-corrected chi connectivity index (χ3v) is 4.66. The minimum Gasteiger partial charge on any atom is -0.495 e. The fourth-order valence-corrected chi connectivity index (χ4v) is 3.14. The van der Waals surface area contributed by atoms with Crippen molar-refractivity contribution < 1.29 is 13.9 Å². The molecular formula is C25H20FN3O2. The molecule has 4 rings (SSSR count). The van der Waals surface area contributed by atoms with Crippen LogP contribution in [0.1, 0.15) is 5.56 Å². The summed E-state index contributed by atoms with van der Waals surface area (Å²) in [6, 6.07) is 22.9. The number of aromatic nitrogens is 2. The number of anilines is 1. The Morgan fingerprint density at radius 2 is 1.71 bits per heavy atom. The Bertz CT molecular complexity index is 1220. The largest absolute Gasteiger partial charge is 0.495 e. The Morgan fingerprint density at radius 3 is 2.45 bits per heavy atom. The quantitative estimate of drug-likeness (QED) is 0.434. The predicted molar refractivity (Wildman–Crippen MR) is 120 cm³/mol. The first-order valence-corrected chi connectivity index (χ1v) is 9.67. The number of rotatable bonds is 6. The summed E-state index contributed by atoms with van der Waals surface area (Å²) in [5.41, 5.74) is 3.58. The van der Waals surface area contributed by atoms with Crippen molar-refractivity contribution >= 4 is 17.7 Å². The van der Waals surface area contributed by atoms with E-state index in [0.29, 0.717) is 17.1 Å². The lowest BCUT2D eigenvalue weighted by Crippen LogP contribution is -2.08. The molecule has 0 aliphatic heterocycles. The van der Waals surface area contributed by atoms with Crippen molar-refractivity contribution in [2.75, 3.05) is 12.4 Å². The maximum Gasteiger partial charge on any atom is 0.248 e. The molecule has 1 heterocycles.